The van der Waals surface area contributed by atoms with Crippen LogP contribution in [0.25, 0.3) is 0 Å². The van der Waals surface area contributed by atoms with Crippen LogP contribution in [-0.4, -0.2) is 33.0 Å². The van der Waals surface area contributed by atoms with E-state index < -0.39 is 25.9 Å². The highest BCUT2D eigenvalue weighted by Gasteiger charge is 2.15. The Morgan fingerprint density at radius 2 is 2.09 bits per heavy atom. The van der Waals surface area contributed by atoms with E-state index in [1.54, 1.807) is 33.6 Å². The Morgan fingerprint density at radius 3 is 2.74 bits per heavy atom. The Hall–Kier alpha value is -2.14. The van der Waals surface area contributed by atoms with Gasteiger partial charge in [0.1, 0.15) is 3.63 Å². The monoisotopic (exact) mass is 429 g/mol. The molecule has 0 saturated heterocycles. The minimum absolute atomic E-state index is 0.0712. The predicted molar refractivity (Wildman–Crippen MR) is 98.1 cm³/mol. The van der Waals surface area contributed by atoms with Crippen molar-refractivity contribution in [3.05, 3.63) is 52.7 Å². The molecule has 0 saturated carbocycles. The number of anilines is 1. The van der Waals surface area contributed by atoms with Gasteiger partial charge in [-0.2, -0.15) is 0 Å². The summed E-state index contributed by atoms with van der Waals surface area (Å²) < 4.78 is 2.43. The van der Waals surface area contributed by atoms with Crippen LogP contribution in [0, 0.1) is 10.1 Å². The third kappa shape index (κ3) is 4.66. The van der Waals surface area contributed by atoms with Crippen molar-refractivity contribution in [2.24, 2.45) is 10.2 Å². The topological polar surface area (TPSA) is 83.6 Å². The number of hydrogen-bond donors (Lipinski definition) is 0. The Balaban J connectivity index is 2.32. The van der Waals surface area contributed by atoms with Crippen molar-refractivity contribution in [1.29, 1.82) is 0 Å². The highest BCUT2D eigenvalue weighted by Crippen LogP contribution is 2.32. The molecule has 122 valence electrons. The lowest BCUT2D eigenvalue weighted by Gasteiger charge is -2.12. The number of azo groups is 1. The second-order valence-electron chi connectivity index (χ2n) is 4.59. The first-order valence-corrected chi connectivity index (χ1v) is 8.63. The Morgan fingerprint density at radius 1 is 1.30 bits per heavy atom. The van der Waals surface area contributed by atoms with Gasteiger partial charge in [-0.3, -0.25) is 15.0 Å². The molecule has 0 radical (unpaired) electrons. The van der Waals surface area contributed by atoms with Crippen molar-refractivity contribution in [3.63, 3.8) is 0 Å². The molecule has 23 heavy (non-hydrogen) atoms. The van der Waals surface area contributed by atoms with Crippen LogP contribution in [0.3, 0.4) is 0 Å². The molecule has 1 heterocycles. The Labute approximate surface area is 144 Å². The van der Waals surface area contributed by atoms with E-state index in [-0.39, 0.29) is 11.4 Å². The van der Waals surface area contributed by atoms with Crippen LogP contribution in [0.4, 0.5) is 17.1 Å². The van der Waals surface area contributed by atoms with Gasteiger partial charge in [0, 0.05) is 32.0 Å². The minimum Gasteiger partial charge on any atom is -0.377 e. The third-order valence-electron chi connectivity index (χ3n) is 2.82. The maximum absolute atomic E-state index is 11.2. The summed E-state index contributed by atoms with van der Waals surface area (Å²) in [5.74, 6) is 0. The lowest BCUT2D eigenvalue weighted by molar-refractivity contribution is -0.384. The fraction of sp³-hybridized carbons (Fsp3) is 0.214. The van der Waals surface area contributed by atoms with Crippen LogP contribution in [0.2, 0.25) is 0 Å². The fourth-order valence-corrected chi connectivity index (χ4v) is 3.27. The smallest absolute Gasteiger partial charge is 0.298 e. The number of nitro groups is 1. The number of nitro benzene ring substituents is 1. The lowest BCUT2D eigenvalue weighted by atomic mass is 10.2. The zero-order chi connectivity index (χ0) is 16.8. The van der Waals surface area contributed by atoms with Gasteiger partial charge in [0.15, 0.2) is 5.69 Å². The number of benzene rings is 1. The number of hydroxylamine groups is 1. The molecule has 8 nitrogen and oxygen atoms in total. The Bertz CT molecular complexity index is 712. The molecule has 1 aliphatic rings. The van der Waals surface area contributed by atoms with Crippen molar-refractivity contribution >= 4 is 41.7 Å². The second-order valence-corrected chi connectivity index (χ2v) is 7.13. The molecule has 9 heteroatoms. The summed E-state index contributed by atoms with van der Waals surface area (Å²) in [7, 11) is 5.22. The highest BCUT2D eigenvalue weighted by molar-refractivity contribution is 14.2. The SMILES string of the molecule is CON1C=CC=CC(N=Nc2ccc(N(C)C)cc2[N+](=O)[O-])=I1. The van der Waals surface area contributed by atoms with E-state index in [0.717, 1.165) is 9.32 Å². The van der Waals surface area contributed by atoms with E-state index >= 15 is 0 Å². The predicted octanol–water partition coefficient (Wildman–Crippen LogP) is 3.71. The maximum Gasteiger partial charge on any atom is 0.298 e. The van der Waals surface area contributed by atoms with E-state index in [1.807, 2.05) is 32.3 Å². The van der Waals surface area contributed by atoms with Crippen molar-refractivity contribution in [3.8, 4) is 0 Å². The molecule has 0 fully saturated rings. The minimum atomic E-state index is -0.670. The summed E-state index contributed by atoms with van der Waals surface area (Å²) in [6, 6.07) is 4.86. The van der Waals surface area contributed by atoms with E-state index in [9.17, 15) is 10.1 Å². The van der Waals surface area contributed by atoms with Gasteiger partial charge in [-0.05, 0) is 24.3 Å². The molecule has 0 aliphatic carbocycles. The molecule has 0 atom stereocenters. The van der Waals surface area contributed by atoms with E-state index in [4.69, 9.17) is 4.84 Å². The standard InChI is InChI=1S/C14H16IN5O3/c1-18(2)11-7-8-12(13(10-11)20(21)22)16-17-14-6-4-5-9-19(15-14)23-3/h4-10H,1-3H3. The molecule has 1 aromatic carbocycles. The van der Waals surface area contributed by atoms with Gasteiger partial charge in [0.2, 0.25) is 0 Å². The molecule has 0 N–H and O–H groups in total. The number of allylic oxidation sites excluding steroid dienone is 2. The zero-order valence-electron chi connectivity index (χ0n) is 12.9. The van der Waals surface area contributed by atoms with Crippen molar-refractivity contribution in [2.45, 2.75) is 0 Å². The Kier molecular flexibility index (Phi) is 5.93. The fourth-order valence-electron chi connectivity index (χ4n) is 1.66. The van der Waals surface area contributed by atoms with E-state index in [2.05, 4.69) is 10.2 Å². The average molecular weight is 429 g/mol. The number of hydrogen-bond acceptors (Lipinski definition) is 7. The molecule has 0 unspecified atom stereocenters. The van der Waals surface area contributed by atoms with Gasteiger partial charge < -0.3 is 4.90 Å². The zero-order valence-corrected chi connectivity index (χ0v) is 15.0. The van der Waals surface area contributed by atoms with Gasteiger partial charge in [0.25, 0.3) is 5.69 Å². The summed E-state index contributed by atoms with van der Waals surface area (Å²) in [6.07, 6.45) is 7.30. The molecule has 0 spiro atoms. The third-order valence-corrected chi connectivity index (χ3v) is 5.08. The normalized spacial score (nSPS) is 14.4. The molecule has 2 rings (SSSR count). The summed E-state index contributed by atoms with van der Waals surface area (Å²) >= 11 is -0.670. The van der Waals surface area contributed by atoms with Gasteiger partial charge in [-0.25, -0.2) is 3.28 Å². The molecule has 1 aromatic rings. The first kappa shape index (κ1) is 17.2. The summed E-state index contributed by atoms with van der Waals surface area (Å²) in [4.78, 5) is 17.8. The summed E-state index contributed by atoms with van der Waals surface area (Å²) in [5, 5.41) is 19.4. The van der Waals surface area contributed by atoms with Crippen LogP contribution in [-0.2, 0) is 4.84 Å². The molecular weight excluding hydrogens is 413 g/mol. The molecule has 0 aromatic heterocycles. The maximum atomic E-state index is 11.2. The second kappa shape index (κ2) is 7.92. The first-order chi connectivity index (χ1) is 11.0. The average Bonchev–Trinajstić information content (AvgIpc) is 2.77. The van der Waals surface area contributed by atoms with Gasteiger partial charge in [0.05, 0.1) is 33.0 Å². The summed E-state index contributed by atoms with van der Waals surface area (Å²) in [5.41, 5.74) is 0.893. The highest BCUT2D eigenvalue weighted by atomic mass is 127. The largest absolute Gasteiger partial charge is 0.377 e. The lowest BCUT2D eigenvalue weighted by Crippen LogP contribution is -2.08. The van der Waals surface area contributed by atoms with Crippen molar-refractivity contribution in [2.75, 3.05) is 26.1 Å². The van der Waals surface area contributed by atoms with Crippen LogP contribution < -0.4 is 4.90 Å². The number of nitrogens with zero attached hydrogens (tertiary/aromatic N) is 5. The first-order valence-electron chi connectivity index (χ1n) is 6.59. The molecular formula is C14H16IN5O3. The van der Waals surface area contributed by atoms with Crippen LogP contribution in [0.15, 0.2) is 52.9 Å². The summed E-state index contributed by atoms with van der Waals surface area (Å²) in [6.45, 7) is 0. The van der Waals surface area contributed by atoms with Crippen LogP contribution >= 0.6 is 21.0 Å². The quantitative estimate of drug-likeness (QED) is 0.234. The van der Waals surface area contributed by atoms with Crippen molar-refractivity contribution in [1.82, 2.24) is 3.28 Å². The van der Waals surface area contributed by atoms with Gasteiger partial charge in [-0.1, -0.05) is 6.08 Å². The number of rotatable bonds is 5. The van der Waals surface area contributed by atoms with Crippen molar-refractivity contribution < 1.29 is 9.76 Å². The molecule has 0 amide bonds. The number of halogens is 1. The molecule has 1 aliphatic heterocycles. The van der Waals surface area contributed by atoms with E-state index in [0.29, 0.717) is 0 Å². The van der Waals surface area contributed by atoms with Gasteiger partial charge in [-0.15, -0.1) is 10.2 Å². The van der Waals surface area contributed by atoms with Crippen LogP contribution in [0.1, 0.15) is 0 Å². The molecule has 0 bridgehead atoms. The van der Waals surface area contributed by atoms with E-state index in [1.165, 1.54) is 6.07 Å². The van der Waals surface area contributed by atoms with Crippen LogP contribution in [0.5, 0.6) is 0 Å². The van der Waals surface area contributed by atoms with Gasteiger partial charge >= 0.3 is 0 Å².